The van der Waals surface area contributed by atoms with E-state index in [9.17, 15) is 4.39 Å². The first-order chi connectivity index (χ1) is 8.19. The summed E-state index contributed by atoms with van der Waals surface area (Å²) in [6.45, 7) is 0. The Kier molecular flexibility index (Phi) is 3.14. The smallest absolute Gasteiger partial charge is 0.167 e. The fraction of sp³-hybridized carbons (Fsp3) is 0.0769. The van der Waals surface area contributed by atoms with Crippen LogP contribution in [0.5, 0.6) is 5.75 Å². The minimum absolute atomic E-state index is 0.229. The lowest BCUT2D eigenvalue weighted by molar-refractivity contribution is 0.386. The van der Waals surface area contributed by atoms with Crippen molar-refractivity contribution in [3.63, 3.8) is 0 Å². The predicted molar refractivity (Wildman–Crippen MR) is 67.1 cm³/mol. The molecule has 0 aliphatic carbocycles. The molecule has 0 aromatic heterocycles. The molecule has 3 N–H and O–H groups in total. The summed E-state index contributed by atoms with van der Waals surface area (Å²) in [6.07, 6.45) is 0. The molecule has 0 spiro atoms. The van der Waals surface area contributed by atoms with Crippen molar-refractivity contribution >= 4 is 17.1 Å². The lowest BCUT2D eigenvalue weighted by Crippen LogP contribution is -1.93. The Labute approximate surface area is 99.0 Å². The molecule has 0 aliphatic rings. The van der Waals surface area contributed by atoms with Crippen LogP contribution in [0.25, 0.3) is 0 Å². The standard InChI is InChI=1S/C13H13FN2O/c1-17-13-7-6-11(8-12(13)14)16-10-4-2-9(15)3-5-10/h2-8,16H,15H2,1H3. The Bertz CT molecular complexity index is 511. The number of rotatable bonds is 3. The Morgan fingerprint density at radius 2 is 1.71 bits per heavy atom. The van der Waals surface area contributed by atoms with Crippen LogP contribution in [-0.4, -0.2) is 7.11 Å². The molecule has 0 aliphatic heterocycles. The summed E-state index contributed by atoms with van der Waals surface area (Å²) >= 11 is 0. The van der Waals surface area contributed by atoms with Gasteiger partial charge in [0.15, 0.2) is 11.6 Å². The van der Waals surface area contributed by atoms with E-state index < -0.39 is 5.82 Å². The van der Waals surface area contributed by atoms with Gasteiger partial charge in [-0.3, -0.25) is 0 Å². The first-order valence-electron chi connectivity index (χ1n) is 5.15. The summed E-state index contributed by atoms with van der Waals surface area (Å²) in [6, 6.07) is 11.9. The number of nitrogen functional groups attached to an aromatic ring is 1. The molecule has 2 aromatic carbocycles. The molecule has 0 saturated carbocycles. The van der Waals surface area contributed by atoms with Crippen LogP contribution >= 0.6 is 0 Å². The molecule has 0 saturated heterocycles. The first kappa shape index (κ1) is 11.3. The third kappa shape index (κ3) is 2.66. The van der Waals surface area contributed by atoms with Crippen LogP contribution in [0.1, 0.15) is 0 Å². The molecule has 0 heterocycles. The van der Waals surface area contributed by atoms with Crippen LogP contribution in [0.4, 0.5) is 21.5 Å². The number of hydrogen-bond donors (Lipinski definition) is 2. The van der Waals surface area contributed by atoms with Gasteiger partial charge in [-0.05, 0) is 36.4 Å². The molecule has 17 heavy (non-hydrogen) atoms. The van der Waals surface area contributed by atoms with Crippen molar-refractivity contribution in [3.05, 3.63) is 48.3 Å². The van der Waals surface area contributed by atoms with Crippen molar-refractivity contribution in [2.75, 3.05) is 18.2 Å². The maximum Gasteiger partial charge on any atom is 0.167 e. The van der Waals surface area contributed by atoms with Gasteiger partial charge in [0.25, 0.3) is 0 Å². The second kappa shape index (κ2) is 4.74. The van der Waals surface area contributed by atoms with Crippen LogP contribution in [0, 0.1) is 5.82 Å². The lowest BCUT2D eigenvalue weighted by atomic mass is 10.2. The minimum Gasteiger partial charge on any atom is -0.494 e. The van der Waals surface area contributed by atoms with Gasteiger partial charge in [-0.25, -0.2) is 4.39 Å². The van der Waals surface area contributed by atoms with E-state index in [0.717, 1.165) is 5.69 Å². The molecule has 3 nitrogen and oxygen atoms in total. The lowest BCUT2D eigenvalue weighted by Gasteiger charge is -2.08. The maximum absolute atomic E-state index is 13.4. The van der Waals surface area contributed by atoms with Crippen LogP contribution in [0.3, 0.4) is 0 Å². The number of anilines is 3. The third-order valence-corrected chi connectivity index (χ3v) is 2.35. The summed E-state index contributed by atoms with van der Waals surface area (Å²) < 4.78 is 18.3. The summed E-state index contributed by atoms with van der Waals surface area (Å²) in [5.41, 5.74) is 7.78. The van der Waals surface area contributed by atoms with E-state index in [1.165, 1.54) is 13.2 Å². The second-order valence-corrected chi connectivity index (χ2v) is 3.60. The molecule has 2 rings (SSSR count). The quantitative estimate of drug-likeness (QED) is 0.799. The zero-order valence-electron chi connectivity index (χ0n) is 9.41. The van der Waals surface area contributed by atoms with E-state index in [-0.39, 0.29) is 5.75 Å². The molecule has 0 radical (unpaired) electrons. The summed E-state index contributed by atoms with van der Waals surface area (Å²) in [5, 5.41) is 3.07. The van der Waals surface area contributed by atoms with E-state index in [2.05, 4.69) is 5.32 Å². The normalized spacial score (nSPS) is 10.0. The SMILES string of the molecule is COc1ccc(Nc2ccc(N)cc2)cc1F. The average Bonchev–Trinajstić information content (AvgIpc) is 2.32. The number of benzene rings is 2. The average molecular weight is 232 g/mol. The Morgan fingerprint density at radius 3 is 2.29 bits per heavy atom. The Hall–Kier alpha value is -2.23. The molecule has 2 aromatic rings. The van der Waals surface area contributed by atoms with Crippen molar-refractivity contribution in [2.24, 2.45) is 0 Å². The van der Waals surface area contributed by atoms with Crippen molar-refractivity contribution < 1.29 is 9.13 Å². The highest BCUT2D eigenvalue weighted by atomic mass is 19.1. The van der Waals surface area contributed by atoms with Gasteiger partial charge in [0.05, 0.1) is 7.11 Å². The van der Waals surface area contributed by atoms with Gasteiger partial charge in [0.1, 0.15) is 0 Å². The largest absolute Gasteiger partial charge is 0.494 e. The number of hydrogen-bond acceptors (Lipinski definition) is 3. The van der Waals surface area contributed by atoms with Crippen molar-refractivity contribution in [3.8, 4) is 5.75 Å². The van der Waals surface area contributed by atoms with Gasteiger partial charge >= 0.3 is 0 Å². The van der Waals surface area contributed by atoms with Crippen molar-refractivity contribution in [2.45, 2.75) is 0 Å². The summed E-state index contributed by atoms with van der Waals surface area (Å²) in [7, 11) is 1.44. The van der Waals surface area contributed by atoms with Gasteiger partial charge in [0.2, 0.25) is 0 Å². The van der Waals surface area contributed by atoms with E-state index in [1.54, 1.807) is 24.3 Å². The van der Waals surface area contributed by atoms with Crippen LogP contribution < -0.4 is 15.8 Å². The molecule has 4 heteroatoms. The van der Waals surface area contributed by atoms with Crippen LogP contribution in [0.2, 0.25) is 0 Å². The fourth-order valence-corrected chi connectivity index (χ4v) is 1.48. The number of nitrogens with one attached hydrogen (secondary N) is 1. The van der Waals surface area contributed by atoms with Gasteiger partial charge in [-0.1, -0.05) is 0 Å². The predicted octanol–water partition coefficient (Wildman–Crippen LogP) is 3.16. The first-order valence-corrected chi connectivity index (χ1v) is 5.15. The number of ether oxygens (including phenoxy) is 1. The van der Waals surface area contributed by atoms with Crippen molar-refractivity contribution in [1.82, 2.24) is 0 Å². The number of nitrogens with two attached hydrogens (primary N) is 1. The van der Waals surface area contributed by atoms with Gasteiger partial charge in [0, 0.05) is 23.1 Å². The van der Waals surface area contributed by atoms with Gasteiger partial charge in [-0.2, -0.15) is 0 Å². The van der Waals surface area contributed by atoms with Crippen LogP contribution in [0.15, 0.2) is 42.5 Å². The zero-order chi connectivity index (χ0) is 12.3. The van der Waals surface area contributed by atoms with Crippen molar-refractivity contribution in [1.29, 1.82) is 0 Å². The molecule has 0 bridgehead atoms. The summed E-state index contributed by atoms with van der Waals surface area (Å²) in [5.74, 6) is -0.166. The van der Waals surface area contributed by atoms with E-state index >= 15 is 0 Å². The third-order valence-electron chi connectivity index (χ3n) is 2.35. The molecule has 0 atom stereocenters. The minimum atomic E-state index is -0.395. The molecule has 0 unspecified atom stereocenters. The fourth-order valence-electron chi connectivity index (χ4n) is 1.48. The monoisotopic (exact) mass is 232 g/mol. The molecular weight excluding hydrogens is 219 g/mol. The number of methoxy groups -OCH3 is 1. The molecule has 0 amide bonds. The highest BCUT2D eigenvalue weighted by molar-refractivity contribution is 5.62. The van der Waals surface area contributed by atoms with Crippen LogP contribution in [-0.2, 0) is 0 Å². The topological polar surface area (TPSA) is 47.3 Å². The molecular formula is C13H13FN2O. The Balaban J connectivity index is 2.19. The van der Waals surface area contributed by atoms with Gasteiger partial charge < -0.3 is 15.8 Å². The molecule has 88 valence electrons. The number of halogens is 1. The van der Waals surface area contributed by atoms with E-state index in [1.807, 2.05) is 12.1 Å². The van der Waals surface area contributed by atoms with E-state index in [4.69, 9.17) is 10.5 Å². The Morgan fingerprint density at radius 1 is 1.06 bits per heavy atom. The highest BCUT2D eigenvalue weighted by Crippen LogP contribution is 2.23. The second-order valence-electron chi connectivity index (χ2n) is 3.60. The van der Waals surface area contributed by atoms with Gasteiger partial charge in [-0.15, -0.1) is 0 Å². The van der Waals surface area contributed by atoms with E-state index in [0.29, 0.717) is 11.4 Å². The molecule has 0 fully saturated rings. The zero-order valence-corrected chi connectivity index (χ0v) is 9.41. The highest BCUT2D eigenvalue weighted by Gasteiger charge is 2.03. The maximum atomic E-state index is 13.4. The summed E-state index contributed by atoms with van der Waals surface area (Å²) in [4.78, 5) is 0.